The molecular formula is C53H59Br4ClN6O10S2. The number of hydrogen-bond acceptors (Lipinski definition) is 12. The fourth-order valence-corrected chi connectivity index (χ4v) is 9.57. The van der Waals surface area contributed by atoms with Gasteiger partial charge in [0.25, 0.3) is 0 Å². The number of amides is 4. The van der Waals surface area contributed by atoms with Crippen molar-refractivity contribution in [3.63, 3.8) is 0 Å². The second kappa shape index (κ2) is 35.2. The molecule has 408 valence electrons. The first-order valence-electron chi connectivity index (χ1n) is 22.8. The van der Waals surface area contributed by atoms with Crippen LogP contribution in [0.1, 0.15) is 51.2 Å². The predicted octanol–water partition coefficient (Wildman–Crippen LogP) is 11.3. The van der Waals surface area contributed by atoms with E-state index in [1.165, 1.54) is 0 Å². The van der Waals surface area contributed by atoms with Crippen molar-refractivity contribution in [2.45, 2.75) is 57.1 Å². The third-order valence-electron chi connectivity index (χ3n) is 8.83. The largest absolute Gasteiger partial charge is 0.460 e. The lowest BCUT2D eigenvalue weighted by atomic mass is 10.2. The van der Waals surface area contributed by atoms with E-state index in [1.807, 2.05) is 66.7 Å². The molecule has 0 aromatic heterocycles. The van der Waals surface area contributed by atoms with Gasteiger partial charge in [-0.3, -0.25) is 24.0 Å². The monoisotopic (exact) mass is 1350 g/mol. The molecule has 0 spiro atoms. The smallest absolute Gasteiger partial charge is 0.306 e. The lowest BCUT2D eigenvalue weighted by Gasteiger charge is -2.19. The number of nitrogens with one attached hydrogen (secondary N) is 4. The quantitative estimate of drug-likeness (QED) is 0.0390. The van der Waals surface area contributed by atoms with Gasteiger partial charge in [0.2, 0.25) is 32.7 Å². The van der Waals surface area contributed by atoms with Gasteiger partial charge in [-0.15, -0.1) is 0 Å². The van der Waals surface area contributed by atoms with Crippen molar-refractivity contribution < 1.29 is 45.5 Å². The van der Waals surface area contributed by atoms with E-state index < -0.39 is 24.5 Å². The van der Waals surface area contributed by atoms with Crippen molar-refractivity contribution in [2.24, 2.45) is 11.5 Å². The number of carbonyl (C=O) groups excluding carboxylic acids is 5. The van der Waals surface area contributed by atoms with Crippen LogP contribution >= 0.6 is 74.4 Å². The molecule has 0 saturated carbocycles. The van der Waals surface area contributed by atoms with E-state index >= 15 is 0 Å². The molecule has 0 aliphatic rings. The van der Waals surface area contributed by atoms with Crippen molar-refractivity contribution in [3.8, 4) is 0 Å². The van der Waals surface area contributed by atoms with Gasteiger partial charge in [-0.2, -0.15) is 0 Å². The zero-order valence-corrected chi connectivity index (χ0v) is 50.3. The maximum absolute atomic E-state index is 12.0. The van der Waals surface area contributed by atoms with Gasteiger partial charge in [-0.1, -0.05) is 149 Å². The molecule has 6 aromatic rings. The van der Waals surface area contributed by atoms with E-state index in [-0.39, 0.29) is 79.2 Å². The summed E-state index contributed by atoms with van der Waals surface area (Å²) in [5.41, 5.74) is 14.0. The Bertz CT molecular complexity index is 2970. The lowest BCUT2D eigenvalue weighted by molar-refractivity contribution is -0.155. The minimum Gasteiger partial charge on any atom is -0.460 e. The topological polar surface area (TPSA) is 263 Å². The van der Waals surface area contributed by atoms with Gasteiger partial charge in [-0.05, 0) is 105 Å². The summed E-state index contributed by atoms with van der Waals surface area (Å²) < 4.78 is 53.9. The minimum atomic E-state index is -3.40. The second-order valence-corrected chi connectivity index (χ2v) is 25.3. The molecule has 0 saturated heterocycles. The summed E-state index contributed by atoms with van der Waals surface area (Å²) >= 11 is 13.2. The average Bonchev–Trinajstić information content (AvgIpc) is 3.33. The number of anilines is 4. The molecular weight excluding hydrogens is 1300 g/mol. The molecule has 16 nitrogen and oxygen atoms in total. The Morgan fingerprint density at radius 3 is 1.12 bits per heavy atom. The zero-order valence-electron chi connectivity index (χ0n) is 41.6. The summed E-state index contributed by atoms with van der Waals surface area (Å²) in [6.45, 7) is 5.41. The number of esters is 1. The molecule has 76 heavy (non-hydrogen) atoms. The lowest BCUT2D eigenvalue weighted by Crippen LogP contribution is -2.24. The molecule has 6 rings (SSSR count). The summed E-state index contributed by atoms with van der Waals surface area (Å²) in [6, 6.07) is 46.9. The summed E-state index contributed by atoms with van der Waals surface area (Å²) in [6.07, 6.45) is 0.139. The third kappa shape index (κ3) is 33.7. The maximum atomic E-state index is 12.0. The van der Waals surface area contributed by atoms with Gasteiger partial charge in [0, 0.05) is 64.2 Å². The molecule has 0 heterocycles. The van der Waals surface area contributed by atoms with Crippen LogP contribution in [0.15, 0.2) is 176 Å². The van der Waals surface area contributed by atoms with E-state index in [1.54, 1.807) is 112 Å². The molecule has 0 bridgehead atoms. The Balaban J connectivity index is 0.000000335. The molecule has 0 unspecified atom stereocenters. The number of rotatable bonds is 16. The van der Waals surface area contributed by atoms with Crippen LogP contribution in [-0.4, -0.2) is 70.9 Å². The number of carbonyl (C=O) groups is 5. The van der Waals surface area contributed by atoms with E-state index in [4.69, 9.17) is 26.9 Å². The first kappa shape index (κ1) is 66.8. The normalized spacial score (nSPS) is 10.6. The standard InChI is InChI=1S/C16H16BrNO3S.C14H18BrNO3.2C8H9BrN2O.C7H7ClO2S/c17-14-7-4-8-15(11-14)18-16(19)9-10-22(20,21)12-13-5-2-1-3-6-13;1-14(2,3)19-13(18)8-7-12(17)16-11-6-4-5-10(15)9-11;2*9-6-2-1-3-7(4-6)11-8(12)5-10;8-11(9,10)6-7-4-2-1-3-5-7/h1-8,11H,9-10,12H2,(H,18,19);4-6,9H,7-8H2,1-3H3,(H,16,17);2*1-4H,5,10H2,(H,11,12);1-5H,6H2. The van der Waals surface area contributed by atoms with Crippen LogP contribution in [0.4, 0.5) is 22.7 Å². The molecule has 8 N–H and O–H groups in total. The van der Waals surface area contributed by atoms with E-state index in [0.29, 0.717) is 16.9 Å². The van der Waals surface area contributed by atoms with Crippen molar-refractivity contribution >= 4 is 146 Å². The van der Waals surface area contributed by atoms with Crippen molar-refractivity contribution in [1.29, 1.82) is 0 Å². The Morgan fingerprint density at radius 2 is 0.803 bits per heavy atom. The van der Waals surface area contributed by atoms with Crippen LogP contribution in [0, 0.1) is 0 Å². The Kier molecular flexibility index (Phi) is 30.9. The van der Waals surface area contributed by atoms with Gasteiger partial charge < -0.3 is 37.5 Å². The third-order valence-corrected chi connectivity index (χ3v) is 13.4. The molecule has 0 aliphatic carbocycles. The molecule has 4 amide bonds. The Hall–Kier alpha value is -5.30. The number of halogens is 5. The molecule has 23 heteroatoms. The van der Waals surface area contributed by atoms with Crippen molar-refractivity contribution in [1.82, 2.24) is 0 Å². The molecule has 6 aromatic carbocycles. The van der Waals surface area contributed by atoms with Crippen LogP contribution in [0.25, 0.3) is 0 Å². The number of hydrogen-bond donors (Lipinski definition) is 6. The summed E-state index contributed by atoms with van der Waals surface area (Å²) in [5, 5.41) is 10.7. The first-order chi connectivity index (χ1) is 35.7. The van der Waals surface area contributed by atoms with Crippen LogP contribution in [0.2, 0.25) is 0 Å². The summed E-state index contributed by atoms with van der Waals surface area (Å²) in [4.78, 5) is 56.6. The molecule has 0 radical (unpaired) electrons. The highest BCUT2D eigenvalue weighted by molar-refractivity contribution is 9.11. The van der Waals surface area contributed by atoms with E-state index in [0.717, 1.165) is 34.8 Å². The van der Waals surface area contributed by atoms with Crippen LogP contribution in [0.3, 0.4) is 0 Å². The Labute approximate surface area is 482 Å². The number of benzene rings is 6. The van der Waals surface area contributed by atoms with Gasteiger partial charge in [0.05, 0.1) is 36.8 Å². The fraction of sp³-hybridized carbons (Fsp3) is 0.226. The fourth-order valence-electron chi connectivity index (χ4n) is 5.67. The van der Waals surface area contributed by atoms with Crippen LogP contribution < -0.4 is 32.7 Å². The Morgan fingerprint density at radius 1 is 0.474 bits per heavy atom. The van der Waals surface area contributed by atoms with Crippen LogP contribution in [0.5, 0.6) is 0 Å². The highest BCUT2D eigenvalue weighted by atomic mass is 79.9. The van der Waals surface area contributed by atoms with Gasteiger partial charge >= 0.3 is 5.97 Å². The number of nitrogens with two attached hydrogens (primary N) is 2. The summed E-state index contributed by atoms with van der Waals surface area (Å²) in [7, 11) is -1.67. The van der Waals surface area contributed by atoms with Gasteiger partial charge in [-0.25, -0.2) is 16.8 Å². The highest BCUT2D eigenvalue weighted by Gasteiger charge is 2.18. The summed E-state index contributed by atoms with van der Waals surface area (Å²) in [5.74, 6) is -1.56. The number of sulfone groups is 1. The second-order valence-electron chi connectivity index (χ2n) is 16.7. The first-order valence-corrected chi connectivity index (χ1v) is 30.2. The zero-order chi connectivity index (χ0) is 56.7. The van der Waals surface area contributed by atoms with Crippen molar-refractivity contribution in [3.05, 3.63) is 187 Å². The molecule has 0 atom stereocenters. The molecule has 0 fully saturated rings. The average molecular weight is 1360 g/mol. The van der Waals surface area contributed by atoms with Gasteiger partial charge in [0.1, 0.15) is 5.60 Å². The predicted molar refractivity (Wildman–Crippen MR) is 318 cm³/mol. The SMILES string of the molecule is CC(C)(C)OC(=O)CCC(=O)Nc1cccc(Br)c1.NCC(=O)Nc1cccc(Br)c1.NCC(=O)Nc1cccc(Br)c1.O=C(CCS(=O)(=O)Cc1ccccc1)Nc1cccc(Br)c1.O=S(=O)(Cl)Cc1ccccc1. The number of ether oxygens (including phenoxy) is 1. The van der Waals surface area contributed by atoms with E-state index in [2.05, 4.69) is 85.0 Å². The van der Waals surface area contributed by atoms with E-state index in [9.17, 15) is 40.8 Å². The molecule has 0 aliphatic heterocycles. The van der Waals surface area contributed by atoms with Crippen LogP contribution in [-0.2, 0) is 59.1 Å². The minimum absolute atomic E-state index is 0.00646. The van der Waals surface area contributed by atoms with Gasteiger partial charge in [0.15, 0.2) is 9.84 Å². The highest BCUT2D eigenvalue weighted by Crippen LogP contribution is 2.19. The maximum Gasteiger partial charge on any atom is 0.306 e. The van der Waals surface area contributed by atoms with Crippen molar-refractivity contribution in [2.75, 3.05) is 40.1 Å².